The number of rotatable bonds is 1. The summed E-state index contributed by atoms with van der Waals surface area (Å²) in [5.74, 6) is 2.65. The monoisotopic (exact) mass is 270 g/mol. The minimum atomic E-state index is -0.0294. The third kappa shape index (κ3) is 2.05. The molecule has 2 aromatic rings. The van der Waals surface area contributed by atoms with Crippen molar-refractivity contribution in [2.24, 2.45) is 5.92 Å². The van der Waals surface area contributed by atoms with E-state index in [1.165, 1.54) is 0 Å². The lowest BCUT2D eigenvalue weighted by Gasteiger charge is -2.18. The van der Waals surface area contributed by atoms with Crippen molar-refractivity contribution in [2.45, 2.75) is 6.42 Å². The molecule has 19 heavy (non-hydrogen) atoms. The second-order valence-electron chi connectivity index (χ2n) is 4.55. The van der Waals surface area contributed by atoms with Gasteiger partial charge in [0.25, 0.3) is 0 Å². The predicted octanol–water partition coefficient (Wildman–Crippen LogP) is 2.87. The number of halogens is 1. The average Bonchev–Trinajstić information content (AvgIpc) is 2.79. The summed E-state index contributed by atoms with van der Waals surface area (Å²) in [6.07, 6.45) is 5.81. The number of anilines is 1. The van der Waals surface area contributed by atoms with Crippen LogP contribution in [0.3, 0.4) is 0 Å². The van der Waals surface area contributed by atoms with Crippen molar-refractivity contribution in [1.82, 2.24) is 4.98 Å². The molecule has 4 heteroatoms. The molecule has 0 aliphatic carbocycles. The van der Waals surface area contributed by atoms with Crippen molar-refractivity contribution < 1.29 is 4.79 Å². The van der Waals surface area contributed by atoms with Crippen LogP contribution in [0.2, 0.25) is 5.15 Å². The molecule has 1 aliphatic rings. The van der Waals surface area contributed by atoms with Crippen LogP contribution in [0.1, 0.15) is 6.42 Å². The Morgan fingerprint density at radius 1 is 1.42 bits per heavy atom. The number of hydrogen-bond acceptors (Lipinski definition) is 2. The number of hydrogen-bond donors (Lipinski definition) is 0. The van der Waals surface area contributed by atoms with Crippen LogP contribution in [0.4, 0.5) is 5.69 Å². The van der Waals surface area contributed by atoms with Crippen LogP contribution in [-0.4, -0.2) is 17.4 Å². The van der Waals surface area contributed by atoms with Gasteiger partial charge < -0.3 is 4.90 Å². The number of carbonyl (C=O) groups is 1. The SMILES string of the molecule is C#CC1CC(=O)N(c2cc(Cl)nc3ccccc23)C1. The van der Waals surface area contributed by atoms with E-state index in [0.29, 0.717) is 18.1 Å². The number of amides is 1. The fourth-order valence-electron chi connectivity index (χ4n) is 2.40. The number of para-hydroxylation sites is 1. The third-order valence-corrected chi connectivity index (χ3v) is 3.51. The lowest BCUT2D eigenvalue weighted by Crippen LogP contribution is -2.24. The minimum Gasteiger partial charge on any atom is -0.310 e. The summed E-state index contributed by atoms with van der Waals surface area (Å²) in [6.45, 7) is 0.541. The normalized spacial score (nSPS) is 18.8. The van der Waals surface area contributed by atoms with Gasteiger partial charge in [0.05, 0.1) is 11.2 Å². The van der Waals surface area contributed by atoms with Crippen LogP contribution in [0.15, 0.2) is 30.3 Å². The maximum absolute atomic E-state index is 12.1. The Kier molecular flexibility index (Phi) is 2.88. The van der Waals surface area contributed by atoms with E-state index >= 15 is 0 Å². The number of nitrogens with zero attached hydrogens (tertiary/aromatic N) is 2. The van der Waals surface area contributed by atoms with Crippen LogP contribution in [0.25, 0.3) is 10.9 Å². The molecule has 1 saturated heterocycles. The van der Waals surface area contributed by atoms with Crippen LogP contribution >= 0.6 is 11.6 Å². The first-order valence-electron chi connectivity index (χ1n) is 6.01. The Morgan fingerprint density at radius 2 is 2.21 bits per heavy atom. The standard InChI is InChI=1S/C15H11ClN2O/c1-2-10-7-15(19)18(9-10)13-8-14(16)17-12-6-4-3-5-11(12)13/h1,3-6,8,10H,7,9H2. The summed E-state index contributed by atoms with van der Waals surface area (Å²) in [6, 6.07) is 9.35. The molecule has 1 fully saturated rings. The van der Waals surface area contributed by atoms with E-state index in [1.54, 1.807) is 11.0 Å². The molecule has 3 rings (SSSR count). The molecule has 0 radical (unpaired) electrons. The van der Waals surface area contributed by atoms with E-state index in [-0.39, 0.29) is 11.8 Å². The van der Waals surface area contributed by atoms with Crippen LogP contribution < -0.4 is 4.90 Å². The third-order valence-electron chi connectivity index (χ3n) is 3.31. The quantitative estimate of drug-likeness (QED) is 0.590. The molecule has 94 valence electrons. The molecule has 1 aromatic carbocycles. The van der Waals surface area contributed by atoms with Gasteiger partial charge in [-0.3, -0.25) is 4.79 Å². The van der Waals surface area contributed by atoms with Gasteiger partial charge in [0.1, 0.15) is 5.15 Å². The molecule has 0 N–H and O–H groups in total. The maximum atomic E-state index is 12.1. The Morgan fingerprint density at radius 3 is 2.95 bits per heavy atom. The summed E-state index contributed by atoms with van der Waals surface area (Å²) in [4.78, 5) is 18.0. The first-order chi connectivity index (χ1) is 9.19. The van der Waals surface area contributed by atoms with Gasteiger partial charge in [-0.25, -0.2) is 4.98 Å². The highest BCUT2D eigenvalue weighted by Crippen LogP contribution is 2.32. The highest BCUT2D eigenvalue weighted by molar-refractivity contribution is 6.30. The molecule has 0 bridgehead atoms. The van der Waals surface area contributed by atoms with Crippen molar-refractivity contribution in [3.63, 3.8) is 0 Å². The van der Waals surface area contributed by atoms with E-state index in [9.17, 15) is 4.79 Å². The lowest BCUT2D eigenvalue weighted by molar-refractivity contribution is -0.117. The molecule has 1 aromatic heterocycles. The summed E-state index contributed by atoms with van der Waals surface area (Å²) in [5.41, 5.74) is 1.57. The largest absolute Gasteiger partial charge is 0.310 e. The Balaban J connectivity index is 2.15. The number of benzene rings is 1. The van der Waals surface area contributed by atoms with Gasteiger partial charge in [-0.05, 0) is 12.1 Å². The molecular weight excluding hydrogens is 260 g/mol. The van der Waals surface area contributed by atoms with E-state index in [4.69, 9.17) is 18.0 Å². The first kappa shape index (κ1) is 12.0. The molecule has 1 atom stereocenters. The Labute approximate surface area is 116 Å². The number of carbonyl (C=O) groups excluding carboxylic acids is 1. The predicted molar refractivity (Wildman–Crippen MR) is 76.0 cm³/mol. The number of aromatic nitrogens is 1. The molecular formula is C15H11ClN2O. The fraction of sp³-hybridized carbons (Fsp3) is 0.200. The first-order valence-corrected chi connectivity index (χ1v) is 6.38. The van der Waals surface area contributed by atoms with Crippen molar-refractivity contribution in [2.75, 3.05) is 11.4 Å². The molecule has 1 aliphatic heterocycles. The van der Waals surface area contributed by atoms with Crippen LogP contribution in [0.5, 0.6) is 0 Å². The van der Waals surface area contributed by atoms with Crippen molar-refractivity contribution in [3.8, 4) is 12.3 Å². The van der Waals surface area contributed by atoms with Crippen molar-refractivity contribution >= 4 is 34.1 Å². The van der Waals surface area contributed by atoms with Gasteiger partial charge in [-0.2, -0.15) is 0 Å². The smallest absolute Gasteiger partial charge is 0.228 e. The Bertz CT molecular complexity index is 705. The number of terminal acetylenes is 1. The second-order valence-corrected chi connectivity index (χ2v) is 4.94. The van der Waals surface area contributed by atoms with Gasteiger partial charge in [-0.1, -0.05) is 29.8 Å². The topological polar surface area (TPSA) is 33.2 Å². The van der Waals surface area contributed by atoms with Crippen LogP contribution in [0, 0.1) is 18.3 Å². The van der Waals surface area contributed by atoms with Crippen molar-refractivity contribution in [3.05, 3.63) is 35.5 Å². The molecule has 1 unspecified atom stereocenters. The van der Waals surface area contributed by atoms with Gasteiger partial charge in [0.2, 0.25) is 5.91 Å². The zero-order valence-electron chi connectivity index (χ0n) is 10.1. The summed E-state index contributed by atoms with van der Waals surface area (Å²) in [5, 5.41) is 1.29. The maximum Gasteiger partial charge on any atom is 0.228 e. The number of pyridine rings is 1. The van der Waals surface area contributed by atoms with Gasteiger partial charge in [0.15, 0.2) is 0 Å². The lowest BCUT2D eigenvalue weighted by atomic mass is 10.1. The van der Waals surface area contributed by atoms with Gasteiger partial charge in [0, 0.05) is 24.3 Å². The molecule has 1 amide bonds. The van der Waals surface area contributed by atoms with Crippen LogP contribution in [-0.2, 0) is 4.79 Å². The summed E-state index contributed by atoms with van der Waals surface area (Å²) < 4.78 is 0. The van der Waals surface area contributed by atoms with E-state index in [2.05, 4.69) is 10.9 Å². The molecule has 0 spiro atoms. The highest BCUT2D eigenvalue weighted by Gasteiger charge is 2.30. The zero-order chi connectivity index (χ0) is 13.4. The van der Waals surface area contributed by atoms with Gasteiger partial charge >= 0.3 is 0 Å². The zero-order valence-corrected chi connectivity index (χ0v) is 10.9. The van der Waals surface area contributed by atoms with Gasteiger partial charge in [-0.15, -0.1) is 12.3 Å². The average molecular weight is 271 g/mol. The van der Waals surface area contributed by atoms with E-state index in [0.717, 1.165) is 16.6 Å². The number of fused-ring (bicyclic) bond motifs is 1. The van der Waals surface area contributed by atoms with E-state index in [1.807, 2.05) is 24.3 Å². The molecule has 0 saturated carbocycles. The Hall–Kier alpha value is -2.05. The second kappa shape index (κ2) is 4.56. The minimum absolute atomic E-state index is 0.0294. The summed E-state index contributed by atoms with van der Waals surface area (Å²) >= 11 is 6.03. The molecule has 2 heterocycles. The van der Waals surface area contributed by atoms with Crippen molar-refractivity contribution in [1.29, 1.82) is 0 Å². The highest BCUT2D eigenvalue weighted by atomic mass is 35.5. The summed E-state index contributed by atoms with van der Waals surface area (Å²) in [7, 11) is 0. The molecule has 3 nitrogen and oxygen atoms in total. The fourth-order valence-corrected chi connectivity index (χ4v) is 2.60. The van der Waals surface area contributed by atoms with E-state index < -0.39 is 0 Å².